The quantitative estimate of drug-likeness (QED) is 0.0366. The number of esters is 1. The summed E-state index contributed by atoms with van der Waals surface area (Å²) in [6.07, 6.45) is 7.33. The molecule has 4 fully saturated rings. The van der Waals surface area contributed by atoms with Crippen molar-refractivity contribution in [2.24, 2.45) is 5.41 Å². The fraction of sp³-hybridized carbons (Fsp3) is 0.559. The minimum atomic E-state index is -1.14. The van der Waals surface area contributed by atoms with Crippen LogP contribution < -0.4 is 23.6 Å². The van der Waals surface area contributed by atoms with E-state index in [9.17, 15) is 14.4 Å². The van der Waals surface area contributed by atoms with Crippen LogP contribution >= 0.6 is 0 Å². The van der Waals surface area contributed by atoms with Crippen LogP contribution in [-0.2, 0) is 78.3 Å². The third kappa shape index (κ3) is 20.6. The summed E-state index contributed by atoms with van der Waals surface area (Å²) in [7, 11) is 1.66. The Bertz CT molecular complexity index is 2900. The van der Waals surface area contributed by atoms with Crippen molar-refractivity contribution in [2.45, 2.75) is 187 Å². The van der Waals surface area contributed by atoms with E-state index in [1.165, 1.54) is 24.4 Å². The van der Waals surface area contributed by atoms with Gasteiger partial charge in [-0.3, -0.25) is 19.6 Å². The Kier molecular flexibility index (Phi) is 29.5. The minimum absolute atomic E-state index is 0. The summed E-state index contributed by atoms with van der Waals surface area (Å²) in [4.78, 5) is 64.3. The molecule has 0 radical (unpaired) electrons. The van der Waals surface area contributed by atoms with Gasteiger partial charge in [-0.25, -0.2) is 14.4 Å². The predicted molar refractivity (Wildman–Crippen MR) is 345 cm³/mol. The molecule has 0 spiro atoms. The molecule has 4 aromatic rings. The van der Waals surface area contributed by atoms with Gasteiger partial charge in [0.25, 0.3) is 0 Å². The Morgan fingerprint density at radius 2 is 1.08 bits per heavy atom. The number of carbonyl (C=O) groups is 3. The number of amides is 2. The zero-order chi connectivity index (χ0) is 64.4. The van der Waals surface area contributed by atoms with Crippen LogP contribution in [0.4, 0.5) is 9.59 Å². The molecule has 0 aliphatic carbocycles. The van der Waals surface area contributed by atoms with Crippen LogP contribution in [0.25, 0.3) is 0 Å². The Morgan fingerprint density at radius 3 is 1.53 bits per heavy atom. The second-order valence-corrected chi connectivity index (χ2v) is 32.5. The van der Waals surface area contributed by atoms with Crippen molar-refractivity contribution < 1.29 is 85.1 Å². The molecule has 90 heavy (non-hydrogen) atoms. The summed E-state index contributed by atoms with van der Waals surface area (Å²) < 4.78 is 46.7. The van der Waals surface area contributed by atoms with Crippen molar-refractivity contribution in [1.82, 2.24) is 19.6 Å². The van der Waals surface area contributed by atoms with E-state index in [4.69, 9.17) is 47.2 Å². The van der Waals surface area contributed by atoms with Crippen molar-refractivity contribution in [2.75, 3.05) is 53.3 Å². The molecular weight excluding hydrogens is 1160 g/mol. The first kappa shape index (κ1) is 77.1. The number of fused-ring (bicyclic) bond motifs is 1. The second kappa shape index (κ2) is 34.5. The van der Waals surface area contributed by atoms with E-state index in [2.05, 4.69) is 127 Å². The fourth-order valence-corrected chi connectivity index (χ4v) is 14.0. The van der Waals surface area contributed by atoms with Crippen LogP contribution in [0, 0.1) is 5.41 Å². The van der Waals surface area contributed by atoms with Crippen LogP contribution in [0.3, 0.4) is 0 Å². The number of rotatable bonds is 21. The number of carbonyl (C=O) groups excluding carboxylic acids is 5. The Balaban J connectivity index is 0.000000305. The molecule has 4 saturated heterocycles. The SMILES string of the molecule is CC1=C(CCCB2OC(C)(C)C(C)(C)O2)CCN1C(=O)OCc1ccccc1.COC(=O)C12CN(Cc3ccccc3)CC1(CCCB1OC(C)(C)C(C)(C)O1)CCN2C(=O)OCc1ccccc1.COCN(Cc1ccccc1)C[Si](C)(C)C.O=C=O.[F-].[Li+]. The normalized spacial score (nSPS) is 20.8. The molecule has 2 amide bonds. The summed E-state index contributed by atoms with van der Waals surface area (Å²) in [6, 6.07) is 40.2. The van der Waals surface area contributed by atoms with Crippen molar-refractivity contribution in [1.29, 1.82) is 0 Å². The number of likely N-dealkylation sites (tertiary alicyclic amines) is 2. The van der Waals surface area contributed by atoms with Gasteiger partial charge in [-0.2, -0.15) is 9.59 Å². The zero-order valence-electron chi connectivity index (χ0n) is 56.4. The summed E-state index contributed by atoms with van der Waals surface area (Å²) in [5.41, 5.74) is 3.83. The van der Waals surface area contributed by atoms with Crippen molar-refractivity contribution in [3.63, 3.8) is 0 Å². The molecule has 5 heterocycles. The van der Waals surface area contributed by atoms with Gasteiger partial charge in [0.1, 0.15) is 13.2 Å². The number of ether oxygens (including phenoxy) is 4. The smallest absolute Gasteiger partial charge is 1.00 e. The maximum atomic E-state index is 13.9. The topological polar surface area (TPSA) is 172 Å². The van der Waals surface area contributed by atoms with E-state index in [1.807, 2.05) is 85.8 Å². The van der Waals surface area contributed by atoms with Crippen molar-refractivity contribution in [3.8, 4) is 0 Å². The first-order valence-electron chi connectivity index (χ1n) is 31.1. The van der Waals surface area contributed by atoms with E-state index < -0.39 is 36.3 Å². The zero-order valence-corrected chi connectivity index (χ0v) is 57.4. The maximum Gasteiger partial charge on any atom is 1.00 e. The first-order valence-corrected chi connectivity index (χ1v) is 34.8. The largest absolute Gasteiger partial charge is 1.00 e. The van der Waals surface area contributed by atoms with Crippen molar-refractivity contribution >= 4 is 46.6 Å². The van der Waals surface area contributed by atoms with Crippen LogP contribution in [0.15, 0.2) is 133 Å². The Hall–Kier alpha value is -5.40. The maximum absolute atomic E-state index is 13.9. The Labute approximate surface area is 549 Å². The van der Waals surface area contributed by atoms with Gasteiger partial charge in [-0.1, -0.05) is 154 Å². The van der Waals surface area contributed by atoms with Crippen molar-refractivity contribution in [3.05, 3.63) is 155 Å². The number of nitrogens with zero attached hydrogens (tertiary/aromatic N) is 4. The molecule has 2 atom stereocenters. The summed E-state index contributed by atoms with van der Waals surface area (Å²) in [5.74, 6) is -0.377. The Morgan fingerprint density at radius 1 is 0.633 bits per heavy atom. The van der Waals surface area contributed by atoms with Gasteiger partial charge in [0.15, 0.2) is 5.54 Å². The molecule has 22 heteroatoms. The number of allylic oxidation sites excluding steroid dienone is 1. The standard InChI is InChI=1S/C32H43BN2O6.C22H32BNO4.C13H23NOSi.CO2.FH.Li/c1-29(2)30(3,4)41-33(40-29)19-12-17-31-18-20-35(28(37)39-22-26-15-10-7-11-16-26)32(31,27(36)38-5)24-34(23-31)21-25-13-8-6-9-14-25;1-17-19(12-9-14-23-27-21(2,3)22(4,5)28-23)13-15-24(17)20(25)26-16-18-10-7-6-8-11-18;1-15-11-14(12-16(2,3)4)10-13-8-6-5-7-9-13;2-1-3;;/h6-11,13-16H,12,17-24H2,1-5H3;6-8,10-11H,9,12-16H2,1-5H3;5-9H,10-12H2,1-4H3;;1H;/q;;;;;+1/p-1. The first-order chi connectivity index (χ1) is 41.6. The van der Waals surface area contributed by atoms with Crippen LogP contribution in [-0.4, -0.2) is 147 Å². The van der Waals surface area contributed by atoms with Gasteiger partial charge < -0.3 is 42.3 Å². The number of halogens is 1. The molecule has 2 unspecified atom stereocenters. The average Bonchev–Trinajstić information content (AvgIpc) is 1.59. The van der Waals surface area contributed by atoms with Crippen LogP contribution in [0.1, 0.15) is 123 Å². The van der Waals surface area contributed by atoms with Gasteiger partial charge in [-0.15, -0.1) is 0 Å². The second-order valence-electron chi connectivity index (χ2n) is 27.0. The van der Waals surface area contributed by atoms with Gasteiger partial charge in [0, 0.05) is 57.5 Å². The van der Waals surface area contributed by atoms with E-state index in [-0.39, 0.29) is 73.8 Å². The average molecular weight is 1260 g/mol. The van der Waals surface area contributed by atoms with Crippen LogP contribution in [0.2, 0.25) is 32.3 Å². The summed E-state index contributed by atoms with van der Waals surface area (Å²) in [5, 5.41) is 0. The van der Waals surface area contributed by atoms with Gasteiger partial charge in [-0.05, 0) is 135 Å². The number of hydrogen-bond donors (Lipinski definition) is 0. The number of benzene rings is 4. The molecule has 0 saturated carbocycles. The van der Waals surface area contributed by atoms with Crippen LogP contribution in [0.5, 0.6) is 0 Å². The third-order valence-electron chi connectivity index (χ3n) is 18.2. The van der Waals surface area contributed by atoms with E-state index >= 15 is 0 Å². The predicted octanol–water partition coefficient (Wildman–Crippen LogP) is 6.89. The molecule has 0 bridgehead atoms. The van der Waals surface area contributed by atoms with Gasteiger partial charge >= 0.3 is 57.4 Å². The molecule has 5 aliphatic rings. The van der Waals surface area contributed by atoms with Gasteiger partial charge in [0.05, 0.1) is 44.3 Å². The number of hydrogen-bond acceptors (Lipinski definition) is 15. The molecule has 5 aliphatic heterocycles. The van der Waals surface area contributed by atoms with E-state index in [0.717, 1.165) is 74.1 Å². The molecule has 486 valence electrons. The molecule has 0 N–H and O–H groups in total. The third-order valence-corrected chi connectivity index (χ3v) is 19.6. The monoisotopic (exact) mass is 1250 g/mol. The summed E-state index contributed by atoms with van der Waals surface area (Å²) in [6.45, 7) is 30.8. The number of methoxy groups -OCH3 is 2. The van der Waals surface area contributed by atoms with Gasteiger partial charge in [0.2, 0.25) is 0 Å². The molecular formula is C68H98B2FLiN4O13Si. The molecule has 9 rings (SSSR count). The minimum Gasteiger partial charge on any atom is -1.00 e. The van der Waals surface area contributed by atoms with E-state index in [0.29, 0.717) is 52.1 Å². The molecule has 17 nitrogen and oxygen atoms in total. The fourth-order valence-electron chi connectivity index (χ4n) is 12.5. The summed E-state index contributed by atoms with van der Waals surface area (Å²) >= 11 is 0. The van der Waals surface area contributed by atoms with E-state index in [1.54, 1.807) is 16.9 Å². The molecule has 4 aromatic carbocycles. The molecule has 0 aromatic heterocycles.